The number of halogens is 2. The zero-order valence-corrected chi connectivity index (χ0v) is 14.3. The van der Waals surface area contributed by atoms with Crippen molar-refractivity contribution in [2.75, 3.05) is 5.73 Å². The molecular weight excluding hydrogens is 361 g/mol. The number of aromatic nitrogens is 4. The van der Waals surface area contributed by atoms with E-state index in [0.717, 1.165) is 11.3 Å². The molecule has 5 nitrogen and oxygen atoms in total. The molecule has 25 heavy (non-hydrogen) atoms. The van der Waals surface area contributed by atoms with Crippen LogP contribution in [-0.4, -0.2) is 20.0 Å². The second-order valence-electron chi connectivity index (χ2n) is 5.26. The maximum absolute atomic E-state index is 13.4. The topological polar surface area (TPSA) is 69.6 Å². The van der Waals surface area contributed by atoms with Gasteiger partial charge in [0.05, 0.1) is 11.4 Å². The van der Waals surface area contributed by atoms with Crippen LogP contribution < -0.4 is 5.73 Å². The van der Waals surface area contributed by atoms with Gasteiger partial charge < -0.3 is 5.73 Å². The zero-order valence-electron chi connectivity index (χ0n) is 12.7. The van der Waals surface area contributed by atoms with Crippen molar-refractivity contribution in [3.63, 3.8) is 0 Å². The normalized spacial score (nSPS) is 11.0. The number of nitrogens with two attached hydrogens (primary N) is 1. The third kappa shape index (κ3) is 2.99. The monoisotopic (exact) mass is 371 g/mol. The van der Waals surface area contributed by atoms with Crippen molar-refractivity contribution < 1.29 is 4.39 Å². The second kappa shape index (κ2) is 6.27. The van der Waals surface area contributed by atoms with Crippen LogP contribution in [0.1, 0.15) is 0 Å². The van der Waals surface area contributed by atoms with Crippen LogP contribution in [0.5, 0.6) is 0 Å². The van der Waals surface area contributed by atoms with E-state index in [2.05, 4.69) is 15.3 Å². The molecular formula is C17H11ClFN5S. The molecule has 0 saturated heterocycles. The molecule has 2 heterocycles. The van der Waals surface area contributed by atoms with Gasteiger partial charge in [-0.05, 0) is 30.3 Å². The summed E-state index contributed by atoms with van der Waals surface area (Å²) in [6.07, 6.45) is 0. The first kappa shape index (κ1) is 15.7. The Balaban J connectivity index is 1.72. The first-order valence-corrected chi connectivity index (χ1v) is 8.56. The fraction of sp³-hybridized carbons (Fsp3) is 0. The third-order valence-corrected chi connectivity index (χ3v) is 4.67. The maximum atomic E-state index is 13.4. The Kier molecular flexibility index (Phi) is 3.95. The van der Waals surface area contributed by atoms with Crippen LogP contribution in [0.3, 0.4) is 0 Å². The molecule has 0 fully saturated rings. The zero-order chi connectivity index (χ0) is 17.4. The van der Waals surface area contributed by atoms with Crippen LogP contribution in [0.15, 0.2) is 53.9 Å². The Morgan fingerprint density at radius 1 is 1.12 bits per heavy atom. The summed E-state index contributed by atoms with van der Waals surface area (Å²) in [7, 11) is 0. The number of nitrogen functional groups attached to an aromatic ring is 1. The predicted molar refractivity (Wildman–Crippen MR) is 97.3 cm³/mol. The number of rotatable bonds is 3. The molecule has 4 rings (SSSR count). The fourth-order valence-corrected chi connectivity index (χ4v) is 3.41. The van der Waals surface area contributed by atoms with Gasteiger partial charge in [0, 0.05) is 16.0 Å². The van der Waals surface area contributed by atoms with Crippen molar-refractivity contribution in [1.29, 1.82) is 0 Å². The van der Waals surface area contributed by atoms with Gasteiger partial charge in [0.15, 0.2) is 11.5 Å². The fourth-order valence-electron chi connectivity index (χ4n) is 2.40. The Morgan fingerprint density at radius 3 is 2.76 bits per heavy atom. The Labute approximate surface area is 151 Å². The molecule has 4 aromatic rings. The molecule has 0 amide bonds. The molecule has 0 aliphatic carbocycles. The SMILES string of the molecule is Nc1c(-c2nc(-c3cccc(Cl)c3)cs2)nnn1-c1cccc(F)c1. The molecule has 2 N–H and O–H groups in total. The van der Waals surface area contributed by atoms with Gasteiger partial charge in [-0.25, -0.2) is 9.37 Å². The molecule has 0 aliphatic heterocycles. The average Bonchev–Trinajstić information content (AvgIpc) is 3.21. The highest BCUT2D eigenvalue weighted by Crippen LogP contribution is 2.32. The lowest BCUT2D eigenvalue weighted by atomic mass is 10.2. The van der Waals surface area contributed by atoms with Gasteiger partial charge in [-0.1, -0.05) is 35.0 Å². The molecule has 0 aliphatic rings. The quantitative estimate of drug-likeness (QED) is 0.578. The summed E-state index contributed by atoms with van der Waals surface area (Å²) in [5.74, 6) is -0.0657. The van der Waals surface area contributed by atoms with Crippen LogP contribution in [0, 0.1) is 5.82 Å². The lowest BCUT2D eigenvalue weighted by molar-refractivity contribution is 0.625. The van der Waals surface area contributed by atoms with E-state index < -0.39 is 0 Å². The van der Waals surface area contributed by atoms with Crippen LogP contribution in [0.25, 0.3) is 27.6 Å². The van der Waals surface area contributed by atoms with Crippen LogP contribution >= 0.6 is 22.9 Å². The summed E-state index contributed by atoms with van der Waals surface area (Å²) in [6.45, 7) is 0. The molecule has 8 heteroatoms. The summed E-state index contributed by atoms with van der Waals surface area (Å²) in [5, 5.41) is 11.3. The minimum atomic E-state index is -0.369. The van der Waals surface area contributed by atoms with Crippen molar-refractivity contribution in [2.45, 2.75) is 0 Å². The highest BCUT2D eigenvalue weighted by atomic mass is 35.5. The minimum Gasteiger partial charge on any atom is -0.382 e. The van der Waals surface area contributed by atoms with E-state index in [0.29, 0.717) is 27.2 Å². The summed E-state index contributed by atoms with van der Waals surface area (Å²) in [4.78, 5) is 4.57. The standard InChI is InChI=1S/C17H11ClFN5S/c18-11-4-1-3-10(7-11)14-9-25-17(21-14)15-16(20)24(23-22-15)13-6-2-5-12(19)8-13/h1-9H,20H2. The smallest absolute Gasteiger partial charge is 0.165 e. The number of hydrogen-bond donors (Lipinski definition) is 1. The highest BCUT2D eigenvalue weighted by molar-refractivity contribution is 7.13. The molecule has 0 unspecified atom stereocenters. The van der Waals surface area contributed by atoms with Crippen LogP contribution in [0.2, 0.25) is 5.02 Å². The van der Waals surface area contributed by atoms with Gasteiger partial charge >= 0.3 is 0 Å². The molecule has 0 spiro atoms. The summed E-state index contributed by atoms with van der Waals surface area (Å²) in [5.41, 5.74) is 8.80. The summed E-state index contributed by atoms with van der Waals surface area (Å²) in [6, 6.07) is 13.4. The van der Waals surface area contributed by atoms with E-state index in [9.17, 15) is 4.39 Å². The van der Waals surface area contributed by atoms with Gasteiger partial charge in [0.2, 0.25) is 0 Å². The summed E-state index contributed by atoms with van der Waals surface area (Å²) < 4.78 is 14.8. The Bertz CT molecular complexity index is 1060. The largest absolute Gasteiger partial charge is 0.382 e. The highest BCUT2D eigenvalue weighted by Gasteiger charge is 2.17. The molecule has 0 bridgehead atoms. The van der Waals surface area contributed by atoms with Crippen molar-refractivity contribution >= 4 is 28.8 Å². The van der Waals surface area contributed by atoms with E-state index in [-0.39, 0.29) is 5.82 Å². The number of benzene rings is 2. The third-order valence-electron chi connectivity index (χ3n) is 3.58. The van der Waals surface area contributed by atoms with Crippen molar-refractivity contribution in [3.05, 3.63) is 64.8 Å². The molecule has 0 radical (unpaired) electrons. The van der Waals surface area contributed by atoms with Crippen molar-refractivity contribution in [3.8, 4) is 27.6 Å². The Morgan fingerprint density at radius 2 is 1.96 bits per heavy atom. The average molecular weight is 372 g/mol. The number of anilines is 1. The molecule has 0 saturated carbocycles. The maximum Gasteiger partial charge on any atom is 0.165 e. The molecule has 2 aromatic carbocycles. The van der Waals surface area contributed by atoms with Gasteiger partial charge in [-0.15, -0.1) is 16.4 Å². The minimum absolute atomic E-state index is 0.303. The van der Waals surface area contributed by atoms with Gasteiger partial charge in [0.25, 0.3) is 0 Å². The molecule has 0 atom stereocenters. The van der Waals surface area contributed by atoms with Gasteiger partial charge in [-0.3, -0.25) is 0 Å². The second-order valence-corrected chi connectivity index (χ2v) is 6.56. The van der Waals surface area contributed by atoms with Crippen molar-refractivity contribution in [2.24, 2.45) is 0 Å². The first-order valence-electron chi connectivity index (χ1n) is 7.31. The van der Waals surface area contributed by atoms with Gasteiger partial charge in [-0.2, -0.15) is 4.68 Å². The molecule has 124 valence electrons. The van der Waals surface area contributed by atoms with Gasteiger partial charge in [0.1, 0.15) is 10.8 Å². The first-order chi connectivity index (χ1) is 12.1. The number of nitrogens with zero attached hydrogens (tertiary/aromatic N) is 4. The van der Waals surface area contributed by atoms with Crippen LogP contribution in [-0.2, 0) is 0 Å². The summed E-state index contributed by atoms with van der Waals surface area (Å²) >= 11 is 7.43. The van der Waals surface area contributed by atoms with E-state index in [1.54, 1.807) is 18.2 Å². The van der Waals surface area contributed by atoms with E-state index in [1.807, 2.05) is 23.6 Å². The van der Waals surface area contributed by atoms with Crippen LogP contribution in [0.4, 0.5) is 10.2 Å². The lowest BCUT2D eigenvalue weighted by Gasteiger charge is -2.02. The van der Waals surface area contributed by atoms with E-state index >= 15 is 0 Å². The molecule has 2 aromatic heterocycles. The number of thiazole rings is 1. The lowest BCUT2D eigenvalue weighted by Crippen LogP contribution is -2.02. The van der Waals surface area contributed by atoms with E-state index in [4.69, 9.17) is 17.3 Å². The van der Waals surface area contributed by atoms with E-state index in [1.165, 1.54) is 28.2 Å². The predicted octanol–water partition coefficient (Wildman–Crippen LogP) is 4.43. The number of hydrogen-bond acceptors (Lipinski definition) is 5. The van der Waals surface area contributed by atoms with Crippen molar-refractivity contribution in [1.82, 2.24) is 20.0 Å². The Hall–Kier alpha value is -2.77.